The van der Waals surface area contributed by atoms with E-state index in [0.717, 1.165) is 30.8 Å². The third-order valence-electron chi connectivity index (χ3n) is 4.69. The second-order valence-corrected chi connectivity index (χ2v) is 9.15. The first kappa shape index (κ1) is 24.5. The smallest absolute Gasteiger partial charge is 0.195 e. The van der Waals surface area contributed by atoms with E-state index in [2.05, 4.69) is 41.8 Å². The molecule has 1 aliphatic rings. The molecule has 1 aliphatic carbocycles. The highest BCUT2D eigenvalue weighted by Crippen LogP contribution is 2.07. The number of ether oxygens (including phenoxy) is 1. The van der Waals surface area contributed by atoms with Gasteiger partial charge in [-0.2, -0.15) is 0 Å². The summed E-state index contributed by atoms with van der Waals surface area (Å²) in [7, 11) is -3.46. The van der Waals surface area contributed by atoms with Gasteiger partial charge in [0.2, 0.25) is 0 Å². The second kappa shape index (κ2) is 11.6. The van der Waals surface area contributed by atoms with Gasteiger partial charge in [0, 0.05) is 31.7 Å². The van der Waals surface area contributed by atoms with Crippen molar-refractivity contribution < 1.29 is 13.2 Å². The Labute approximate surface area is 183 Å². The number of sulfone groups is 1. The molecule has 0 bridgehead atoms. The molecule has 1 aromatic rings. The molecule has 0 unspecified atom stereocenters. The van der Waals surface area contributed by atoms with Crippen molar-refractivity contribution in [2.45, 2.75) is 39.2 Å². The van der Waals surface area contributed by atoms with Crippen molar-refractivity contribution in [2.24, 2.45) is 15.7 Å². The summed E-state index contributed by atoms with van der Waals surface area (Å²) in [5.74, 6) is 1.15. The molecule has 0 spiro atoms. The molecule has 0 saturated heterocycles. The van der Waals surface area contributed by atoms with E-state index in [-0.39, 0.29) is 10.8 Å². The number of hydrogen-bond donors (Lipinski definition) is 1. The Kier molecular flexibility index (Phi) is 9.14. The third kappa shape index (κ3) is 6.86. The van der Waals surface area contributed by atoms with Gasteiger partial charge in [-0.05, 0) is 25.6 Å². The highest BCUT2D eigenvalue weighted by Gasteiger charge is 2.14. The highest BCUT2D eigenvalue weighted by molar-refractivity contribution is 7.95. The van der Waals surface area contributed by atoms with Gasteiger partial charge in [0.15, 0.2) is 15.7 Å². The van der Waals surface area contributed by atoms with Crippen molar-refractivity contribution in [3.8, 4) is 0 Å². The summed E-state index contributed by atoms with van der Waals surface area (Å²) >= 11 is 0. The molecule has 8 nitrogen and oxygen atoms in total. The first-order chi connectivity index (χ1) is 14.8. The van der Waals surface area contributed by atoms with Crippen molar-refractivity contribution in [1.29, 1.82) is 0 Å². The van der Waals surface area contributed by atoms with Crippen LogP contribution in [0.3, 0.4) is 0 Å². The maximum absolute atomic E-state index is 11.8. The molecule has 2 rings (SSSR count). The number of nitrogens with zero attached hydrogens (tertiary/aromatic N) is 4. The van der Waals surface area contributed by atoms with Crippen LogP contribution in [0.25, 0.3) is 12.4 Å². The van der Waals surface area contributed by atoms with Crippen LogP contribution in [-0.2, 0) is 27.5 Å². The summed E-state index contributed by atoms with van der Waals surface area (Å²) in [5, 5.41) is 1.07. The number of aliphatic imine (C=N–C) groups is 2. The van der Waals surface area contributed by atoms with Crippen LogP contribution >= 0.6 is 0 Å². The fourth-order valence-electron chi connectivity index (χ4n) is 3.04. The van der Waals surface area contributed by atoms with Crippen LogP contribution in [-0.4, -0.2) is 49.4 Å². The maximum atomic E-state index is 11.8. The molecule has 31 heavy (non-hydrogen) atoms. The third-order valence-corrected chi connectivity index (χ3v) is 6.36. The molecule has 0 saturated carbocycles. The monoisotopic (exact) mass is 445 g/mol. The van der Waals surface area contributed by atoms with E-state index in [1.807, 2.05) is 28.9 Å². The predicted molar refractivity (Wildman–Crippen MR) is 127 cm³/mol. The highest BCUT2D eigenvalue weighted by atomic mass is 32.2. The Morgan fingerprint density at radius 1 is 1.35 bits per heavy atom. The van der Waals surface area contributed by atoms with Gasteiger partial charge in [-0.25, -0.2) is 18.4 Å². The number of aromatic nitrogens is 2. The van der Waals surface area contributed by atoms with Crippen LogP contribution < -0.4 is 16.4 Å². The van der Waals surface area contributed by atoms with Crippen LogP contribution in [0.4, 0.5) is 0 Å². The second-order valence-electron chi connectivity index (χ2n) is 7.04. The number of hydrogen-bond acceptors (Lipinski definition) is 7. The molecule has 168 valence electrons. The van der Waals surface area contributed by atoms with Gasteiger partial charge in [-0.15, -0.1) is 0 Å². The van der Waals surface area contributed by atoms with Crippen molar-refractivity contribution in [3.63, 3.8) is 0 Å². The topological polar surface area (TPSA) is 112 Å². The van der Waals surface area contributed by atoms with Crippen LogP contribution in [0.5, 0.6) is 0 Å². The first-order valence-corrected chi connectivity index (χ1v) is 11.9. The molecular formula is C22H31N5O3S. The summed E-state index contributed by atoms with van der Waals surface area (Å²) in [4.78, 5) is 12.6. The Morgan fingerprint density at radius 3 is 2.77 bits per heavy atom. The summed E-state index contributed by atoms with van der Waals surface area (Å²) in [6.07, 6.45) is 10.6. The summed E-state index contributed by atoms with van der Waals surface area (Å²) < 4.78 is 31.3. The molecule has 0 aliphatic heterocycles. The Balaban J connectivity index is 2.04. The molecule has 0 aromatic carbocycles. The van der Waals surface area contributed by atoms with E-state index in [9.17, 15) is 8.42 Å². The zero-order valence-electron chi connectivity index (χ0n) is 18.1. The Bertz CT molecular complexity index is 1110. The minimum absolute atomic E-state index is 0.0722. The maximum Gasteiger partial charge on any atom is 0.195 e. The molecule has 1 heterocycles. The van der Waals surface area contributed by atoms with Gasteiger partial charge in [0.05, 0.1) is 17.7 Å². The van der Waals surface area contributed by atoms with E-state index in [0.29, 0.717) is 42.7 Å². The van der Waals surface area contributed by atoms with Gasteiger partial charge in [0.1, 0.15) is 16.2 Å². The lowest BCUT2D eigenvalue weighted by Crippen LogP contribution is -2.33. The van der Waals surface area contributed by atoms with E-state index < -0.39 is 9.84 Å². The van der Waals surface area contributed by atoms with Gasteiger partial charge < -0.3 is 15.0 Å². The molecule has 0 amide bonds. The average molecular weight is 446 g/mol. The molecule has 9 heteroatoms. The lowest BCUT2D eigenvalue weighted by atomic mass is 10.1. The summed E-state index contributed by atoms with van der Waals surface area (Å²) in [6, 6.07) is 0. The van der Waals surface area contributed by atoms with E-state index in [1.54, 1.807) is 0 Å². The zero-order valence-corrected chi connectivity index (χ0v) is 18.9. The van der Waals surface area contributed by atoms with Crippen LogP contribution in [0.2, 0.25) is 0 Å². The van der Waals surface area contributed by atoms with Crippen LogP contribution in [0.15, 0.2) is 45.9 Å². The fraction of sp³-hybridized carbons (Fsp3) is 0.409. The molecule has 0 fully saturated rings. The SMILES string of the molecule is C=NC(=C)S(=O)(=O)CCCOCCn1c(CCC)n/c(=C(N)/N=C2/C=CC=CC2)c1=C. The molecule has 1 aromatic heterocycles. The van der Waals surface area contributed by atoms with Gasteiger partial charge in [-0.3, -0.25) is 4.99 Å². The Hall–Kier alpha value is -2.78. The number of allylic oxidation sites excluding steroid dienone is 4. The van der Waals surface area contributed by atoms with Crippen molar-refractivity contribution >= 4 is 34.7 Å². The summed E-state index contributed by atoms with van der Waals surface area (Å²) in [6.45, 7) is 14.1. The van der Waals surface area contributed by atoms with Gasteiger partial charge in [0.25, 0.3) is 0 Å². The molecule has 2 N–H and O–H groups in total. The van der Waals surface area contributed by atoms with Crippen LogP contribution in [0.1, 0.15) is 32.0 Å². The predicted octanol–water partition coefficient (Wildman–Crippen LogP) is 1.22. The fourth-order valence-corrected chi connectivity index (χ4v) is 3.97. The van der Waals surface area contributed by atoms with Crippen molar-refractivity contribution in [1.82, 2.24) is 9.55 Å². The summed E-state index contributed by atoms with van der Waals surface area (Å²) in [5.41, 5.74) is 7.10. The minimum Gasteiger partial charge on any atom is -0.382 e. The van der Waals surface area contributed by atoms with Crippen LogP contribution in [0, 0.1) is 0 Å². The molecular weight excluding hydrogens is 414 g/mol. The van der Waals surface area contributed by atoms with Crippen molar-refractivity contribution in [2.75, 3.05) is 19.0 Å². The number of aryl methyl sites for hydroxylation is 1. The minimum atomic E-state index is -3.46. The zero-order chi connectivity index (χ0) is 22.9. The van der Waals surface area contributed by atoms with E-state index in [1.165, 1.54) is 0 Å². The quantitative estimate of drug-likeness (QED) is 0.384. The standard InChI is InChI=1S/C22H31N5O3S/c1-5-10-20-26-21(22(23)25-19-11-7-6-8-12-19)17(2)27(20)13-15-30-14-9-16-31(28,29)18(3)24-4/h6-8,11H,2-5,9-10,12-16,23H2,1H3/b22-21+,25-19-. The van der Waals surface area contributed by atoms with Gasteiger partial charge >= 0.3 is 0 Å². The molecule has 0 radical (unpaired) electrons. The lowest BCUT2D eigenvalue weighted by molar-refractivity contribution is 0.126. The molecule has 0 atom stereocenters. The van der Waals surface area contributed by atoms with Crippen molar-refractivity contribution in [3.05, 3.63) is 52.4 Å². The van der Waals surface area contributed by atoms with E-state index in [4.69, 9.17) is 10.5 Å². The van der Waals surface area contributed by atoms with E-state index >= 15 is 0 Å². The number of nitrogens with two attached hydrogens (primary N) is 1. The first-order valence-electron chi connectivity index (χ1n) is 10.2. The number of imidazole rings is 1. The normalized spacial score (nSPS) is 16.0. The number of rotatable bonds is 12. The average Bonchev–Trinajstić information content (AvgIpc) is 3.06. The lowest BCUT2D eigenvalue weighted by Gasteiger charge is -2.09. The largest absolute Gasteiger partial charge is 0.382 e. The Morgan fingerprint density at radius 2 is 2.13 bits per heavy atom. The van der Waals surface area contributed by atoms with Gasteiger partial charge in [-0.1, -0.05) is 38.3 Å².